The number of amides is 1. The minimum atomic E-state index is -0.254. The topological polar surface area (TPSA) is 54.9 Å². The maximum Gasteiger partial charge on any atom is 0.259 e. The van der Waals surface area contributed by atoms with Gasteiger partial charge in [-0.1, -0.05) is 15.9 Å². The summed E-state index contributed by atoms with van der Waals surface area (Å²) in [5, 5.41) is 2.61. The van der Waals surface area contributed by atoms with Gasteiger partial charge in [-0.25, -0.2) is 9.97 Å². The molecule has 0 fully saturated rings. The third kappa shape index (κ3) is 3.10. The summed E-state index contributed by atoms with van der Waals surface area (Å²) in [6, 6.07) is 7.00. The fraction of sp³-hybridized carbons (Fsp3) is 0. The number of nitrogens with one attached hydrogen (secondary N) is 1. The average Bonchev–Trinajstić information content (AvgIpc) is 2.30. The van der Waals surface area contributed by atoms with E-state index in [1.807, 2.05) is 0 Å². The molecule has 0 unspecified atom stereocenters. The van der Waals surface area contributed by atoms with Crippen LogP contribution in [0.25, 0.3) is 0 Å². The molecule has 1 N–H and O–H groups in total. The second-order valence-electron chi connectivity index (χ2n) is 3.15. The molecule has 2 aromatic rings. The van der Waals surface area contributed by atoms with Gasteiger partial charge in [0.25, 0.3) is 5.91 Å². The van der Waals surface area contributed by atoms with Crippen molar-refractivity contribution >= 4 is 43.7 Å². The Morgan fingerprint density at radius 2 is 1.88 bits per heavy atom. The van der Waals surface area contributed by atoms with Gasteiger partial charge < -0.3 is 0 Å². The van der Waals surface area contributed by atoms with Crippen molar-refractivity contribution < 1.29 is 4.79 Å². The van der Waals surface area contributed by atoms with Crippen LogP contribution in [-0.2, 0) is 0 Å². The van der Waals surface area contributed by atoms with Gasteiger partial charge in [0.1, 0.15) is 0 Å². The Balaban J connectivity index is 2.21. The molecule has 1 heterocycles. The van der Waals surface area contributed by atoms with Crippen LogP contribution < -0.4 is 5.32 Å². The SMILES string of the molecule is O=C(Nc1ncccn1)c1ccc(Br)cc1Br. The van der Waals surface area contributed by atoms with Gasteiger partial charge in [-0.05, 0) is 40.2 Å². The van der Waals surface area contributed by atoms with E-state index < -0.39 is 0 Å². The molecule has 17 heavy (non-hydrogen) atoms. The minimum absolute atomic E-state index is 0.254. The van der Waals surface area contributed by atoms with E-state index in [1.54, 1.807) is 36.7 Å². The van der Waals surface area contributed by atoms with Crippen LogP contribution in [0.4, 0.5) is 5.95 Å². The summed E-state index contributed by atoms with van der Waals surface area (Å²) in [7, 11) is 0. The Hall–Kier alpha value is -1.27. The molecule has 0 spiro atoms. The molecule has 1 amide bonds. The number of carbonyl (C=O) groups is 1. The zero-order valence-corrected chi connectivity index (χ0v) is 11.7. The second-order valence-corrected chi connectivity index (χ2v) is 4.92. The van der Waals surface area contributed by atoms with Crippen LogP contribution in [0.3, 0.4) is 0 Å². The maximum absolute atomic E-state index is 11.9. The number of carbonyl (C=O) groups excluding carboxylic acids is 1. The van der Waals surface area contributed by atoms with Crippen molar-refractivity contribution in [3.05, 3.63) is 51.2 Å². The van der Waals surface area contributed by atoms with Crippen molar-refractivity contribution in [2.24, 2.45) is 0 Å². The number of anilines is 1. The van der Waals surface area contributed by atoms with Crippen molar-refractivity contribution in [2.45, 2.75) is 0 Å². The van der Waals surface area contributed by atoms with Gasteiger partial charge in [-0.2, -0.15) is 0 Å². The highest BCUT2D eigenvalue weighted by atomic mass is 79.9. The first kappa shape index (κ1) is 12.2. The number of benzene rings is 1. The highest BCUT2D eigenvalue weighted by Crippen LogP contribution is 2.22. The monoisotopic (exact) mass is 355 g/mol. The fourth-order valence-corrected chi connectivity index (χ4v) is 2.43. The highest BCUT2D eigenvalue weighted by molar-refractivity contribution is 9.11. The molecule has 0 saturated carbocycles. The van der Waals surface area contributed by atoms with Crippen LogP contribution in [0.5, 0.6) is 0 Å². The molecule has 0 radical (unpaired) electrons. The first-order valence-electron chi connectivity index (χ1n) is 4.70. The summed E-state index contributed by atoms with van der Waals surface area (Å²) < 4.78 is 1.61. The lowest BCUT2D eigenvalue weighted by Crippen LogP contribution is -2.14. The summed E-state index contributed by atoms with van der Waals surface area (Å²) in [6.45, 7) is 0. The van der Waals surface area contributed by atoms with E-state index in [-0.39, 0.29) is 11.9 Å². The minimum Gasteiger partial charge on any atom is -0.290 e. The molecule has 86 valence electrons. The van der Waals surface area contributed by atoms with Crippen molar-refractivity contribution in [2.75, 3.05) is 5.32 Å². The van der Waals surface area contributed by atoms with Gasteiger partial charge in [0, 0.05) is 21.3 Å². The van der Waals surface area contributed by atoms with Crippen LogP contribution in [0.1, 0.15) is 10.4 Å². The molecule has 0 aliphatic heterocycles. The number of hydrogen-bond acceptors (Lipinski definition) is 3. The van der Waals surface area contributed by atoms with Crippen molar-refractivity contribution in [3.8, 4) is 0 Å². The van der Waals surface area contributed by atoms with Gasteiger partial charge >= 0.3 is 0 Å². The van der Waals surface area contributed by atoms with Gasteiger partial charge in [-0.3, -0.25) is 10.1 Å². The third-order valence-corrected chi connectivity index (χ3v) is 3.12. The Morgan fingerprint density at radius 3 is 2.53 bits per heavy atom. The molecule has 0 bridgehead atoms. The van der Waals surface area contributed by atoms with E-state index in [2.05, 4.69) is 47.1 Å². The summed E-state index contributed by atoms with van der Waals surface area (Å²) >= 11 is 6.66. The zero-order chi connectivity index (χ0) is 12.3. The summed E-state index contributed by atoms with van der Waals surface area (Å²) in [4.78, 5) is 19.8. The van der Waals surface area contributed by atoms with E-state index in [1.165, 1.54) is 0 Å². The van der Waals surface area contributed by atoms with Crippen LogP contribution >= 0.6 is 31.9 Å². The quantitative estimate of drug-likeness (QED) is 0.898. The predicted octanol–water partition coefficient (Wildman–Crippen LogP) is 3.25. The largest absolute Gasteiger partial charge is 0.290 e. The molecule has 0 aliphatic carbocycles. The summed E-state index contributed by atoms with van der Waals surface area (Å²) in [5.41, 5.74) is 0.528. The molecule has 6 heteroatoms. The lowest BCUT2D eigenvalue weighted by Gasteiger charge is -2.05. The van der Waals surface area contributed by atoms with Crippen LogP contribution in [-0.4, -0.2) is 15.9 Å². The van der Waals surface area contributed by atoms with Crippen LogP contribution in [0.15, 0.2) is 45.6 Å². The first-order valence-corrected chi connectivity index (χ1v) is 6.29. The maximum atomic E-state index is 11.9. The molecular weight excluding hydrogens is 350 g/mol. The molecule has 0 aliphatic rings. The van der Waals surface area contributed by atoms with E-state index in [0.717, 1.165) is 4.47 Å². The number of rotatable bonds is 2. The van der Waals surface area contributed by atoms with E-state index in [9.17, 15) is 4.79 Å². The zero-order valence-electron chi connectivity index (χ0n) is 8.52. The van der Waals surface area contributed by atoms with Crippen molar-refractivity contribution in [1.82, 2.24) is 9.97 Å². The molecule has 0 saturated heterocycles. The first-order chi connectivity index (χ1) is 8.16. The molecular formula is C11H7Br2N3O. The molecule has 4 nitrogen and oxygen atoms in total. The van der Waals surface area contributed by atoms with Crippen molar-refractivity contribution in [3.63, 3.8) is 0 Å². The van der Waals surface area contributed by atoms with Crippen LogP contribution in [0, 0.1) is 0 Å². The van der Waals surface area contributed by atoms with Gasteiger partial charge in [0.2, 0.25) is 5.95 Å². The van der Waals surface area contributed by atoms with Crippen LogP contribution in [0.2, 0.25) is 0 Å². The lowest BCUT2D eigenvalue weighted by atomic mass is 10.2. The normalized spacial score (nSPS) is 10.0. The standard InChI is InChI=1S/C11H7Br2N3O/c12-7-2-3-8(9(13)6-7)10(17)16-11-14-4-1-5-15-11/h1-6H,(H,14,15,16,17). The number of nitrogens with zero attached hydrogens (tertiary/aromatic N) is 2. The van der Waals surface area contributed by atoms with E-state index >= 15 is 0 Å². The van der Waals surface area contributed by atoms with E-state index in [4.69, 9.17) is 0 Å². The summed E-state index contributed by atoms with van der Waals surface area (Å²) in [6.07, 6.45) is 3.14. The number of halogens is 2. The van der Waals surface area contributed by atoms with Gasteiger partial charge in [0.15, 0.2) is 0 Å². The lowest BCUT2D eigenvalue weighted by molar-refractivity contribution is 0.102. The Labute approximate surface area is 115 Å². The smallest absolute Gasteiger partial charge is 0.259 e. The Morgan fingerprint density at radius 1 is 1.18 bits per heavy atom. The number of aromatic nitrogens is 2. The Kier molecular flexibility index (Phi) is 3.86. The van der Waals surface area contributed by atoms with Gasteiger partial charge in [0.05, 0.1) is 5.56 Å². The second kappa shape index (κ2) is 5.37. The summed E-state index contributed by atoms with van der Waals surface area (Å²) in [5.74, 6) is 0.0305. The molecule has 2 rings (SSSR count). The highest BCUT2D eigenvalue weighted by Gasteiger charge is 2.11. The average molecular weight is 357 g/mol. The van der Waals surface area contributed by atoms with Gasteiger partial charge in [-0.15, -0.1) is 0 Å². The van der Waals surface area contributed by atoms with E-state index in [0.29, 0.717) is 10.0 Å². The number of hydrogen-bond donors (Lipinski definition) is 1. The molecule has 0 atom stereocenters. The molecule has 1 aromatic heterocycles. The van der Waals surface area contributed by atoms with Crippen molar-refractivity contribution in [1.29, 1.82) is 0 Å². The fourth-order valence-electron chi connectivity index (χ4n) is 1.21. The molecule has 1 aromatic carbocycles. The Bertz CT molecular complexity index is 546. The third-order valence-electron chi connectivity index (χ3n) is 1.97. The predicted molar refractivity (Wildman–Crippen MR) is 71.8 cm³/mol.